The Labute approximate surface area is 165 Å². The van der Waals surface area contributed by atoms with E-state index < -0.39 is 0 Å². The Morgan fingerprint density at radius 3 is 2.50 bits per heavy atom. The van der Waals surface area contributed by atoms with Gasteiger partial charge in [0.15, 0.2) is 0 Å². The van der Waals surface area contributed by atoms with Gasteiger partial charge in [-0.25, -0.2) is 0 Å². The van der Waals surface area contributed by atoms with Crippen LogP contribution in [0, 0.1) is 0 Å². The molecule has 0 saturated heterocycles. The van der Waals surface area contributed by atoms with Crippen LogP contribution in [-0.4, -0.2) is 19.0 Å². The second-order valence-corrected chi connectivity index (χ2v) is 7.00. The summed E-state index contributed by atoms with van der Waals surface area (Å²) in [7, 11) is 0. The van der Waals surface area contributed by atoms with Crippen molar-refractivity contribution in [3.63, 3.8) is 0 Å². The van der Waals surface area contributed by atoms with Crippen molar-refractivity contribution in [3.05, 3.63) is 90.0 Å². The van der Waals surface area contributed by atoms with E-state index in [-0.39, 0.29) is 5.91 Å². The Balaban J connectivity index is 1.31. The maximum absolute atomic E-state index is 12.5. The maximum atomic E-state index is 12.5. The summed E-state index contributed by atoms with van der Waals surface area (Å²) in [4.78, 5) is 14.7. The van der Waals surface area contributed by atoms with Gasteiger partial charge in [-0.05, 0) is 54.3 Å². The molecule has 142 valence electrons. The first-order valence-corrected chi connectivity index (χ1v) is 9.67. The summed E-state index contributed by atoms with van der Waals surface area (Å²) in [6.07, 6.45) is 2.16. The average molecular weight is 372 g/mol. The first-order valence-electron chi connectivity index (χ1n) is 9.67. The monoisotopic (exact) mass is 372 g/mol. The van der Waals surface area contributed by atoms with E-state index >= 15 is 0 Å². The first-order chi connectivity index (χ1) is 13.8. The highest BCUT2D eigenvalue weighted by Crippen LogP contribution is 2.26. The van der Waals surface area contributed by atoms with Gasteiger partial charge in [0.25, 0.3) is 0 Å². The van der Waals surface area contributed by atoms with Crippen molar-refractivity contribution in [2.24, 2.45) is 0 Å². The molecule has 0 aromatic heterocycles. The number of ether oxygens (including phenoxy) is 1. The van der Waals surface area contributed by atoms with Crippen LogP contribution in [0.3, 0.4) is 0 Å². The van der Waals surface area contributed by atoms with E-state index in [2.05, 4.69) is 28.4 Å². The summed E-state index contributed by atoms with van der Waals surface area (Å²) in [6.45, 7) is 1.81. The van der Waals surface area contributed by atoms with Gasteiger partial charge >= 0.3 is 0 Å². The fraction of sp³-hybridized carbons (Fsp3) is 0.208. The third-order valence-corrected chi connectivity index (χ3v) is 4.93. The fourth-order valence-corrected chi connectivity index (χ4v) is 3.53. The highest BCUT2D eigenvalue weighted by atomic mass is 16.5. The topological polar surface area (TPSA) is 41.6 Å². The van der Waals surface area contributed by atoms with Gasteiger partial charge in [-0.1, -0.05) is 48.5 Å². The van der Waals surface area contributed by atoms with Gasteiger partial charge in [-0.15, -0.1) is 0 Å². The van der Waals surface area contributed by atoms with Crippen LogP contribution in [0.4, 0.5) is 11.4 Å². The first kappa shape index (κ1) is 18.1. The minimum Gasteiger partial charge on any atom is -0.489 e. The molecule has 1 aliphatic heterocycles. The second-order valence-electron chi connectivity index (χ2n) is 7.00. The van der Waals surface area contributed by atoms with Crippen molar-refractivity contribution in [1.82, 2.24) is 0 Å². The number of anilines is 2. The van der Waals surface area contributed by atoms with Gasteiger partial charge in [0.1, 0.15) is 12.4 Å². The number of fused-ring (bicyclic) bond motifs is 1. The lowest BCUT2D eigenvalue weighted by Gasteiger charge is -2.30. The van der Waals surface area contributed by atoms with Crippen molar-refractivity contribution in [1.29, 1.82) is 0 Å². The van der Waals surface area contributed by atoms with E-state index in [0.29, 0.717) is 13.2 Å². The Morgan fingerprint density at radius 1 is 0.929 bits per heavy atom. The molecule has 1 N–H and O–H groups in total. The molecular formula is C24H24N2O2. The molecule has 4 rings (SSSR count). The molecule has 0 radical (unpaired) electrons. The van der Waals surface area contributed by atoms with E-state index in [1.165, 1.54) is 11.3 Å². The number of nitrogens with one attached hydrogen (secondary N) is 1. The lowest BCUT2D eigenvalue weighted by Crippen LogP contribution is -2.36. The summed E-state index contributed by atoms with van der Waals surface area (Å²) in [5.41, 5.74) is 4.40. The smallest absolute Gasteiger partial charge is 0.243 e. The third-order valence-electron chi connectivity index (χ3n) is 4.93. The molecule has 0 spiro atoms. The van der Waals surface area contributed by atoms with Gasteiger partial charge < -0.3 is 15.0 Å². The zero-order valence-corrected chi connectivity index (χ0v) is 15.8. The largest absolute Gasteiger partial charge is 0.489 e. The molecular weight excluding hydrogens is 348 g/mol. The van der Waals surface area contributed by atoms with Gasteiger partial charge in [0, 0.05) is 17.9 Å². The number of amides is 1. The quantitative estimate of drug-likeness (QED) is 0.684. The third kappa shape index (κ3) is 4.52. The molecule has 0 saturated carbocycles. The van der Waals surface area contributed by atoms with E-state index in [9.17, 15) is 4.79 Å². The number of carbonyl (C=O) groups is 1. The summed E-state index contributed by atoms with van der Waals surface area (Å²) >= 11 is 0. The number of benzene rings is 3. The van der Waals surface area contributed by atoms with Gasteiger partial charge in [-0.2, -0.15) is 0 Å². The normalized spacial score (nSPS) is 12.9. The number of nitrogens with zero attached hydrogens (tertiary/aromatic N) is 1. The molecule has 0 atom stereocenters. The number of hydrogen-bond acceptors (Lipinski definition) is 3. The van der Waals surface area contributed by atoms with E-state index in [1.54, 1.807) is 0 Å². The molecule has 4 heteroatoms. The number of aryl methyl sites for hydroxylation is 1. The van der Waals surface area contributed by atoms with Crippen LogP contribution in [0.5, 0.6) is 5.75 Å². The van der Waals surface area contributed by atoms with E-state index in [1.807, 2.05) is 60.7 Å². The molecule has 0 bridgehead atoms. The molecule has 4 nitrogen and oxygen atoms in total. The van der Waals surface area contributed by atoms with Crippen molar-refractivity contribution in [2.75, 3.05) is 23.3 Å². The standard InChI is InChI=1S/C24H24N2O2/c27-24(17-26-16-6-10-20-9-4-5-11-23(20)26)25-21-12-14-22(15-13-21)28-18-19-7-2-1-3-8-19/h1-5,7-9,11-15H,6,10,16-18H2,(H,25,27). The van der Waals surface area contributed by atoms with E-state index in [4.69, 9.17) is 4.74 Å². The summed E-state index contributed by atoms with van der Waals surface area (Å²) in [5, 5.41) is 2.98. The van der Waals surface area contributed by atoms with Crippen LogP contribution in [-0.2, 0) is 17.8 Å². The molecule has 1 heterocycles. The van der Waals surface area contributed by atoms with Gasteiger partial charge in [-0.3, -0.25) is 4.79 Å². The fourth-order valence-electron chi connectivity index (χ4n) is 3.53. The van der Waals surface area contributed by atoms with Crippen molar-refractivity contribution >= 4 is 17.3 Å². The number of carbonyl (C=O) groups excluding carboxylic acids is 1. The van der Waals surface area contributed by atoms with Crippen LogP contribution in [0.2, 0.25) is 0 Å². The Morgan fingerprint density at radius 2 is 1.68 bits per heavy atom. The Bertz CT molecular complexity index is 923. The molecule has 1 aliphatic rings. The van der Waals surface area contributed by atoms with Crippen molar-refractivity contribution < 1.29 is 9.53 Å². The Hall–Kier alpha value is -3.27. The summed E-state index contributed by atoms with van der Waals surface area (Å²) in [5.74, 6) is 0.779. The van der Waals surface area contributed by atoms with Gasteiger partial charge in [0.2, 0.25) is 5.91 Å². The zero-order valence-electron chi connectivity index (χ0n) is 15.8. The molecule has 0 aliphatic carbocycles. The summed E-state index contributed by atoms with van der Waals surface area (Å²) in [6, 6.07) is 25.9. The van der Waals surface area contributed by atoms with Crippen LogP contribution in [0.15, 0.2) is 78.9 Å². The average Bonchev–Trinajstić information content (AvgIpc) is 2.74. The van der Waals surface area contributed by atoms with Crippen LogP contribution in [0.25, 0.3) is 0 Å². The number of hydrogen-bond donors (Lipinski definition) is 1. The Kier molecular flexibility index (Phi) is 5.57. The van der Waals surface area contributed by atoms with Gasteiger partial charge in [0.05, 0.1) is 6.54 Å². The predicted octanol–water partition coefficient (Wildman–Crippen LogP) is 4.66. The highest BCUT2D eigenvalue weighted by Gasteiger charge is 2.18. The SMILES string of the molecule is O=C(CN1CCCc2ccccc21)Nc1ccc(OCc2ccccc2)cc1. The highest BCUT2D eigenvalue weighted by molar-refractivity contribution is 5.94. The lowest BCUT2D eigenvalue weighted by molar-refractivity contribution is -0.115. The minimum atomic E-state index is -0.00495. The number of rotatable bonds is 6. The van der Waals surface area contributed by atoms with E-state index in [0.717, 1.165) is 36.4 Å². The van der Waals surface area contributed by atoms with Crippen LogP contribution in [0.1, 0.15) is 17.5 Å². The second kappa shape index (κ2) is 8.61. The summed E-state index contributed by atoms with van der Waals surface area (Å²) < 4.78 is 5.79. The maximum Gasteiger partial charge on any atom is 0.243 e. The van der Waals surface area contributed by atoms with Crippen LogP contribution < -0.4 is 15.0 Å². The number of para-hydroxylation sites is 1. The predicted molar refractivity (Wildman–Crippen MR) is 113 cm³/mol. The molecule has 3 aromatic rings. The zero-order chi connectivity index (χ0) is 19.2. The lowest BCUT2D eigenvalue weighted by atomic mass is 10.0. The van der Waals surface area contributed by atoms with Crippen molar-refractivity contribution in [3.8, 4) is 5.75 Å². The van der Waals surface area contributed by atoms with Crippen molar-refractivity contribution in [2.45, 2.75) is 19.4 Å². The van der Waals surface area contributed by atoms with Crippen LogP contribution >= 0.6 is 0 Å². The molecule has 0 fully saturated rings. The molecule has 0 unspecified atom stereocenters. The molecule has 3 aromatic carbocycles. The molecule has 1 amide bonds. The minimum absolute atomic E-state index is 0.00495. The molecule has 28 heavy (non-hydrogen) atoms.